The van der Waals surface area contributed by atoms with Gasteiger partial charge in [-0.05, 0) is 36.8 Å². The van der Waals surface area contributed by atoms with Crippen LogP contribution >= 0.6 is 0 Å². The van der Waals surface area contributed by atoms with Crippen LogP contribution in [0.4, 0.5) is 11.4 Å². The summed E-state index contributed by atoms with van der Waals surface area (Å²) < 4.78 is 5.24. The Morgan fingerprint density at radius 2 is 2.08 bits per heavy atom. The van der Waals surface area contributed by atoms with Gasteiger partial charge < -0.3 is 10.1 Å². The van der Waals surface area contributed by atoms with Crippen LogP contribution in [-0.2, 0) is 4.79 Å². The molecule has 0 aromatic heterocycles. The van der Waals surface area contributed by atoms with E-state index in [1.807, 2.05) is 0 Å². The number of anilines is 1. The van der Waals surface area contributed by atoms with Gasteiger partial charge in [-0.3, -0.25) is 19.7 Å². The minimum atomic E-state index is -0.458. The summed E-state index contributed by atoms with van der Waals surface area (Å²) >= 11 is 0. The summed E-state index contributed by atoms with van der Waals surface area (Å²) in [6, 6.07) is 9.50. The van der Waals surface area contributed by atoms with E-state index in [0.29, 0.717) is 28.1 Å². The van der Waals surface area contributed by atoms with E-state index in [0.717, 1.165) is 0 Å². The van der Waals surface area contributed by atoms with Gasteiger partial charge in [-0.25, -0.2) is 0 Å². The first-order chi connectivity index (χ1) is 11.9. The second-order valence-corrected chi connectivity index (χ2v) is 5.55. The maximum atomic E-state index is 12.3. The van der Waals surface area contributed by atoms with E-state index in [9.17, 15) is 19.7 Å². The van der Waals surface area contributed by atoms with Crippen LogP contribution in [0.1, 0.15) is 21.5 Å². The summed E-state index contributed by atoms with van der Waals surface area (Å²) in [5.41, 5.74) is 1.94. The van der Waals surface area contributed by atoms with Crippen LogP contribution in [0.5, 0.6) is 5.75 Å². The van der Waals surface area contributed by atoms with Crippen molar-refractivity contribution in [2.75, 3.05) is 11.9 Å². The molecule has 0 unspecified atom stereocenters. The number of nitro groups is 1. The Hall–Kier alpha value is -3.48. The number of hydrogen-bond acceptors (Lipinski definition) is 5. The zero-order valence-electron chi connectivity index (χ0n) is 13.3. The number of nitrogens with one attached hydrogen (secondary N) is 1. The molecule has 1 heterocycles. The maximum absolute atomic E-state index is 12.3. The summed E-state index contributed by atoms with van der Waals surface area (Å²) in [7, 11) is 0. The predicted molar refractivity (Wildman–Crippen MR) is 91.8 cm³/mol. The molecule has 1 aliphatic rings. The molecule has 1 N–H and O–H groups in total. The zero-order valence-corrected chi connectivity index (χ0v) is 13.3. The summed E-state index contributed by atoms with van der Waals surface area (Å²) in [5.74, 6) is -0.0558. The normalized spacial score (nSPS) is 13.1. The molecule has 0 radical (unpaired) electrons. The van der Waals surface area contributed by atoms with Gasteiger partial charge >= 0.3 is 0 Å². The molecular weight excluding hydrogens is 324 g/mol. The monoisotopic (exact) mass is 338 g/mol. The van der Waals surface area contributed by atoms with Crippen LogP contribution in [0.25, 0.3) is 6.08 Å². The van der Waals surface area contributed by atoms with E-state index in [1.54, 1.807) is 31.2 Å². The van der Waals surface area contributed by atoms with Crippen molar-refractivity contribution >= 4 is 29.1 Å². The number of aryl methyl sites for hydroxylation is 1. The molecule has 0 fully saturated rings. The van der Waals surface area contributed by atoms with Gasteiger partial charge in [0.2, 0.25) is 0 Å². The molecule has 126 valence electrons. The Morgan fingerprint density at radius 3 is 2.84 bits per heavy atom. The molecule has 3 rings (SSSR count). The number of benzene rings is 2. The van der Waals surface area contributed by atoms with Gasteiger partial charge in [0.1, 0.15) is 5.75 Å². The van der Waals surface area contributed by atoms with Crippen molar-refractivity contribution < 1.29 is 19.2 Å². The van der Waals surface area contributed by atoms with Gasteiger partial charge in [0.15, 0.2) is 12.4 Å². The molecule has 0 bridgehead atoms. The lowest BCUT2D eigenvalue weighted by atomic mass is 10.1. The first kappa shape index (κ1) is 16.4. The molecule has 0 atom stereocenters. The zero-order chi connectivity index (χ0) is 18.0. The molecule has 0 saturated carbocycles. The number of fused-ring (bicyclic) bond motifs is 1. The topological polar surface area (TPSA) is 98.5 Å². The van der Waals surface area contributed by atoms with E-state index in [4.69, 9.17) is 4.74 Å². The second kappa shape index (κ2) is 6.56. The lowest BCUT2D eigenvalue weighted by Crippen LogP contribution is -2.25. The number of amides is 1. The summed E-state index contributed by atoms with van der Waals surface area (Å²) in [4.78, 5) is 34.1. The number of rotatable bonds is 4. The number of ketones is 1. The van der Waals surface area contributed by atoms with Crippen LogP contribution in [0.3, 0.4) is 0 Å². The van der Waals surface area contributed by atoms with E-state index in [2.05, 4.69) is 5.32 Å². The molecule has 0 spiro atoms. The highest BCUT2D eigenvalue weighted by Crippen LogP contribution is 2.28. The van der Waals surface area contributed by atoms with E-state index in [-0.39, 0.29) is 24.0 Å². The van der Waals surface area contributed by atoms with Crippen molar-refractivity contribution in [3.05, 3.63) is 69.3 Å². The lowest BCUT2D eigenvalue weighted by Gasteiger charge is -2.17. The molecule has 25 heavy (non-hydrogen) atoms. The largest absolute Gasteiger partial charge is 0.482 e. The van der Waals surface area contributed by atoms with Gasteiger partial charge in [-0.15, -0.1) is 0 Å². The highest BCUT2D eigenvalue weighted by atomic mass is 16.6. The van der Waals surface area contributed by atoms with Gasteiger partial charge in [0, 0.05) is 17.2 Å². The molecular formula is C18H14N2O5. The van der Waals surface area contributed by atoms with Crippen molar-refractivity contribution in [2.24, 2.45) is 0 Å². The minimum absolute atomic E-state index is 0.00300. The second-order valence-electron chi connectivity index (χ2n) is 5.55. The van der Waals surface area contributed by atoms with E-state index >= 15 is 0 Å². The van der Waals surface area contributed by atoms with Crippen molar-refractivity contribution in [2.45, 2.75) is 6.92 Å². The van der Waals surface area contributed by atoms with E-state index in [1.165, 1.54) is 24.3 Å². The number of nitrogens with zero attached hydrogens (tertiary/aromatic N) is 1. The Bertz CT molecular complexity index is 918. The molecule has 1 amide bonds. The lowest BCUT2D eigenvalue weighted by molar-refractivity contribution is -0.385. The first-order valence-electron chi connectivity index (χ1n) is 7.48. The number of hydrogen-bond donors (Lipinski definition) is 1. The van der Waals surface area contributed by atoms with Crippen molar-refractivity contribution in [1.29, 1.82) is 0 Å². The minimum Gasteiger partial charge on any atom is -0.482 e. The fourth-order valence-electron chi connectivity index (χ4n) is 2.43. The van der Waals surface area contributed by atoms with Gasteiger partial charge in [0.05, 0.1) is 10.6 Å². The molecule has 7 heteroatoms. The summed E-state index contributed by atoms with van der Waals surface area (Å²) in [6.45, 7) is 1.60. The number of carbonyl (C=O) groups excluding carboxylic acids is 2. The van der Waals surface area contributed by atoms with Gasteiger partial charge in [-0.1, -0.05) is 18.2 Å². The standard InChI is InChI=1S/C18H14N2O5/c1-11-2-3-12(8-15(11)20(23)24)4-6-16(21)13-5-7-17-14(9-13)19-18(22)10-25-17/h2-9H,10H2,1H3,(H,19,22). The Labute approximate surface area is 143 Å². The summed E-state index contributed by atoms with van der Waals surface area (Å²) in [6.07, 6.45) is 2.85. The Balaban J connectivity index is 1.82. The van der Waals surface area contributed by atoms with Crippen LogP contribution in [0.2, 0.25) is 0 Å². The quantitative estimate of drug-likeness (QED) is 0.400. The van der Waals surface area contributed by atoms with Crippen LogP contribution in [0, 0.1) is 17.0 Å². The fourth-order valence-corrected chi connectivity index (χ4v) is 2.43. The predicted octanol–water partition coefficient (Wildman–Crippen LogP) is 3.13. The third-order valence-electron chi connectivity index (χ3n) is 3.75. The Kier molecular flexibility index (Phi) is 4.30. The van der Waals surface area contributed by atoms with Crippen molar-refractivity contribution in [1.82, 2.24) is 0 Å². The van der Waals surface area contributed by atoms with Crippen molar-refractivity contribution in [3.8, 4) is 5.75 Å². The molecule has 2 aromatic carbocycles. The average Bonchev–Trinajstić information content (AvgIpc) is 2.59. The molecule has 1 aliphatic heterocycles. The van der Waals surface area contributed by atoms with Gasteiger partial charge in [0.25, 0.3) is 11.6 Å². The fraction of sp³-hybridized carbons (Fsp3) is 0.111. The number of nitro benzene ring substituents is 1. The highest BCUT2D eigenvalue weighted by molar-refractivity contribution is 6.08. The van der Waals surface area contributed by atoms with Crippen LogP contribution in [-0.4, -0.2) is 23.2 Å². The third kappa shape index (κ3) is 3.55. The average molecular weight is 338 g/mol. The smallest absolute Gasteiger partial charge is 0.272 e. The molecule has 7 nitrogen and oxygen atoms in total. The third-order valence-corrected chi connectivity index (χ3v) is 3.75. The van der Waals surface area contributed by atoms with E-state index < -0.39 is 4.92 Å². The highest BCUT2D eigenvalue weighted by Gasteiger charge is 2.17. The number of ether oxygens (including phenoxy) is 1. The summed E-state index contributed by atoms with van der Waals surface area (Å²) in [5, 5.41) is 13.6. The number of allylic oxidation sites excluding steroid dienone is 1. The number of carbonyl (C=O) groups is 2. The molecule has 2 aromatic rings. The van der Waals surface area contributed by atoms with Crippen LogP contribution < -0.4 is 10.1 Å². The van der Waals surface area contributed by atoms with Gasteiger partial charge in [-0.2, -0.15) is 0 Å². The molecule has 0 saturated heterocycles. The maximum Gasteiger partial charge on any atom is 0.272 e. The van der Waals surface area contributed by atoms with Crippen LogP contribution in [0.15, 0.2) is 42.5 Å². The molecule has 0 aliphatic carbocycles. The SMILES string of the molecule is Cc1ccc(C=CC(=O)c2ccc3c(c2)NC(=O)CO3)cc1[N+](=O)[O-]. The van der Waals surface area contributed by atoms with Crippen molar-refractivity contribution in [3.63, 3.8) is 0 Å². The Morgan fingerprint density at radius 1 is 1.28 bits per heavy atom. The first-order valence-corrected chi connectivity index (χ1v) is 7.48.